The van der Waals surface area contributed by atoms with Gasteiger partial charge in [-0.1, -0.05) is 12.1 Å². The number of amides is 1. The number of piperazine rings is 1. The van der Waals surface area contributed by atoms with E-state index in [1.165, 1.54) is 6.07 Å². The van der Waals surface area contributed by atoms with Gasteiger partial charge in [-0.15, -0.1) is 10.2 Å². The van der Waals surface area contributed by atoms with Crippen LogP contribution in [0.3, 0.4) is 0 Å². The molecule has 0 saturated carbocycles. The van der Waals surface area contributed by atoms with E-state index in [0.29, 0.717) is 31.9 Å². The van der Waals surface area contributed by atoms with E-state index < -0.39 is 11.6 Å². The van der Waals surface area contributed by atoms with Crippen LogP contribution in [0.25, 0.3) is 11.3 Å². The molecule has 0 N–H and O–H groups in total. The summed E-state index contributed by atoms with van der Waals surface area (Å²) in [7, 11) is 1.61. The zero-order valence-electron chi connectivity index (χ0n) is 17.5. The number of anilines is 1. The van der Waals surface area contributed by atoms with E-state index in [0.717, 1.165) is 29.3 Å². The number of rotatable bonds is 6. The molecule has 2 aromatic carbocycles. The second-order valence-corrected chi connectivity index (χ2v) is 7.21. The van der Waals surface area contributed by atoms with Gasteiger partial charge >= 0.3 is 0 Å². The molecule has 3 aromatic rings. The summed E-state index contributed by atoms with van der Waals surface area (Å²) in [4.78, 5) is 16.1. The minimum Gasteiger partial charge on any atom is -0.496 e. The highest BCUT2D eigenvalue weighted by atomic mass is 19.1. The Hall–Kier alpha value is -3.75. The van der Waals surface area contributed by atoms with Crippen LogP contribution in [0.15, 0.2) is 54.6 Å². The third kappa shape index (κ3) is 4.77. The van der Waals surface area contributed by atoms with E-state index >= 15 is 0 Å². The highest BCUT2D eigenvalue weighted by Gasteiger charge is 2.23. The lowest BCUT2D eigenvalue weighted by molar-refractivity contribution is -0.133. The molecular formula is C23H22F2N4O3. The maximum absolute atomic E-state index is 13.6. The third-order valence-electron chi connectivity index (χ3n) is 5.23. The number of benzene rings is 2. The quantitative estimate of drug-likeness (QED) is 0.587. The Morgan fingerprint density at radius 1 is 0.969 bits per heavy atom. The minimum absolute atomic E-state index is 0.149. The number of aromatic nitrogens is 2. The van der Waals surface area contributed by atoms with Crippen LogP contribution in [-0.2, 0) is 4.79 Å². The van der Waals surface area contributed by atoms with Gasteiger partial charge in [-0.05, 0) is 36.4 Å². The summed E-state index contributed by atoms with van der Waals surface area (Å²) < 4.78 is 37.2. The first-order valence-electron chi connectivity index (χ1n) is 10.1. The van der Waals surface area contributed by atoms with E-state index in [-0.39, 0.29) is 18.3 Å². The Kier molecular flexibility index (Phi) is 6.44. The van der Waals surface area contributed by atoms with Crippen molar-refractivity contribution in [3.8, 4) is 22.8 Å². The van der Waals surface area contributed by atoms with Crippen LogP contribution in [0.4, 0.5) is 14.6 Å². The number of methoxy groups -OCH3 is 1. The van der Waals surface area contributed by atoms with Gasteiger partial charge in [0.05, 0.1) is 12.8 Å². The van der Waals surface area contributed by atoms with Crippen LogP contribution in [0.5, 0.6) is 11.5 Å². The Morgan fingerprint density at radius 3 is 2.44 bits per heavy atom. The summed E-state index contributed by atoms with van der Waals surface area (Å²) in [6.45, 7) is 1.81. The lowest BCUT2D eigenvalue weighted by atomic mass is 10.1. The number of nitrogens with zero attached hydrogens (tertiary/aromatic N) is 4. The second-order valence-electron chi connectivity index (χ2n) is 7.21. The molecule has 0 atom stereocenters. The van der Waals surface area contributed by atoms with E-state index in [1.54, 1.807) is 12.0 Å². The van der Waals surface area contributed by atoms with Crippen LogP contribution in [0.1, 0.15) is 0 Å². The van der Waals surface area contributed by atoms with Crippen molar-refractivity contribution in [3.63, 3.8) is 0 Å². The molecule has 0 aliphatic carbocycles. The zero-order valence-corrected chi connectivity index (χ0v) is 17.5. The van der Waals surface area contributed by atoms with E-state index in [1.807, 2.05) is 41.3 Å². The molecule has 1 aliphatic heterocycles. The van der Waals surface area contributed by atoms with Gasteiger partial charge in [-0.25, -0.2) is 8.78 Å². The fourth-order valence-corrected chi connectivity index (χ4v) is 3.50. The van der Waals surface area contributed by atoms with Crippen molar-refractivity contribution in [3.05, 3.63) is 66.2 Å². The molecule has 0 unspecified atom stereocenters. The van der Waals surface area contributed by atoms with Crippen LogP contribution in [0, 0.1) is 11.6 Å². The van der Waals surface area contributed by atoms with Crippen LogP contribution in [0.2, 0.25) is 0 Å². The van der Waals surface area contributed by atoms with Gasteiger partial charge in [-0.2, -0.15) is 0 Å². The normalized spacial score (nSPS) is 13.7. The van der Waals surface area contributed by atoms with Gasteiger partial charge < -0.3 is 19.3 Å². The van der Waals surface area contributed by atoms with Gasteiger partial charge in [0.25, 0.3) is 5.91 Å². The summed E-state index contributed by atoms with van der Waals surface area (Å²) >= 11 is 0. The third-order valence-corrected chi connectivity index (χ3v) is 5.23. The van der Waals surface area contributed by atoms with Gasteiger partial charge in [0.1, 0.15) is 11.6 Å². The van der Waals surface area contributed by atoms with E-state index in [9.17, 15) is 13.6 Å². The SMILES string of the molecule is COc1ccccc1-c1ccc(N2CCN(C(=O)COc3ccc(F)cc3F)CC2)nn1. The summed E-state index contributed by atoms with van der Waals surface area (Å²) in [5, 5.41) is 8.67. The first kappa shape index (κ1) is 21.5. The first-order valence-corrected chi connectivity index (χ1v) is 10.1. The standard InChI is InChI=1S/C23H22F2N4O3/c1-31-20-5-3-2-4-17(20)19-7-9-22(27-26-19)28-10-12-29(13-11-28)23(30)15-32-21-8-6-16(24)14-18(21)25/h2-9,14H,10-13,15H2,1H3. The van der Waals surface area contributed by atoms with Crippen molar-refractivity contribution in [1.82, 2.24) is 15.1 Å². The molecule has 1 amide bonds. The Labute approximate surface area is 184 Å². The Morgan fingerprint density at radius 2 is 1.75 bits per heavy atom. The van der Waals surface area contributed by atoms with E-state index in [2.05, 4.69) is 10.2 Å². The molecule has 4 rings (SSSR count). The average Bonchev–Trinajstić information content (AvgIpc) is 2.83. The lowest BCUT2D eigenvalue weighted by Gasteiger charge is -2.35. The summed E-state index contributed by atoms with van der Waals surface area (Å²) in [6, 6.07) is 14.4. The van der Waals surface area contributed by atoms with Gasteiger partial charge in [0, 0.05) is 37.8 Å². The van der Waals surface area contributed by atoms with Crippen LogP contribution >= 0.6 is 0 Å². The molecule has 0 radical (unpaired) electrons. The molecule has 2 heterocycles. The maximum Gasteiger partial charge on any atom is 0.260 e. The van der Waals surface area contributed by atoms with Crippen LogP contribution in [-0.4, -0.2) is 60.9 Å². The second kappa shape index (κ2) is 9.59. The molecule has 1 saturated heterocycles. The van der Waals surface area contributed by atoms with Crippen LogP contribution < -0.4 is 14.4 Å². The predicted molar refractivity (Wildman–Crippen MR) is 115 cm³/mol. The first-order chi connectivity index (χ1) is 15.5. The Bertz CT molecular complexity index is 1090. The molecule has 1 fully saturated rings. The Balaban J connectivity index is 1.32. The average molecular weight is 440 g/mol. The zero-order chi connectivity index (χ0) is 22.5. The van der Waals surface area contributed by atoms with E-state index in [4.69, 9.17) is 9.47 Å². The summed E-state index contributed by atoms with van der Waals surface area (Å²) in [6.07, 6.45) is 0. The lowest BCUT2D eigenvalue weighted by Crippen LogP contribution is -2.50. The number of carbonyl (C=O) groups is 1. The molecular weight excluding hydrogens is 418 g/mol. The molecule has 166 valence electrons. The van der Waals surface area contributed by atoms with Crippen molar-refractivity contribution in [1.29, 1.82) is 0 Å². The molecule has 1 aliphatic rings. The topological polar surface area (TPSA) is 67.8 Å². The van der Waals surface area contributed by atoms with Crippen molar-refractivity contribution in [2.75, 3.05) is 44.8 Å². The maximum atomic E-state index is 13.6. The minimum atomic E-state index is -0.835. The van der Waals surface area contributed by atoms with Gasteiger partial charge in [0.15, 0.2) is 24.0 Å². The largest absolute Gasteiger partial charge is 0.496 e. The number of para-hydroxylation sites is 1. The molecule has 0 bridgehead atoms. The highest BCUT2D eigenvalue weighted by Crippen LogP contribution is 2.28. The fraction of sp³-hybridized carbons (Fsp3) is 0.261. The van der Waals surface area contributed by atoms with Crippen molar-refractivity contribution in [2.45, 2.75) is 0 Å². The van der Waals surface area contributed by atoms with Gasteiger partial charge in [0.2, 0.25) is 0 Å². The highest BCUT2D eigenvalue weighted by molar-refractivity contribution is 5.78. The molecule has 7 nitrogen and oxygen atoms in total. The smallest absolute Gasteiger partial charge is 0.260 e. The number of ether oxygens (including phenoxy) is 2. The van der Waals surface area contributed by atoms with Gasteiger partial charge in [-0.3, -0.25) is 4.79 Å². The molecule has 1 aromatic heterocycles. The number of carbonyl (C=O) groups excluding carboxylic acids is 1. The monoisotopic (exact) mass is 440 g/mol. The van der Waals surface area contributed by atoms with Crippen molar-refractivity contribution in [2.24, 2.45) is 0 Å². The van der Waals surface area contributed by atoms with Crippen molar-refractivity contribution < 1.29 is 23.0 Å². The number of halogens is 2. The predicted octanol–water partition coefficient (Wildman–Crippen LogP) is 3.16. The fourth-order valence-electron chi connectivity index (χ4n) is 3.50. The molecule has 9 heteroatoms. The molecule has 32 heavy (non-hydrogen) atoms. The number of hydrogen-bond acceptors (Lipinski definition) is 6. The summed E-state index contributed by atoms with van der Waals surface area (Å²) in [5.74, 6) is -0.492. The summed E-state index contributed by atoms with van der Waals surface area (Å²) in [5.41, 5.74) is 1.58. The van der Waals surface area contributed by atoms with Crippen molar-refractivity contribution >= 4 is 11.7 Å². The molecule has 0 spiro atoms. The number of hydrogen-bond donors (Lipinski definition) is 0.